The maximum Gasteiger partial charge on any atom is 0.260 e. The quantitative estimate of drug-likeness (QED) is 0.473. The molecule has 5 nitrogen and oxygen atoms in total. The highest BCUT2D eigenvalue weighted by atomic mass is 16.5. The number of ether oxygens (including phenoxy) is 1. The lowest BCUT2D eigenvalue weighted by Crippen LogP contribution is -2.34. The van der Waals surface area contributed by atoms with Gasteiger partial charge in [-0.2, -0.15) is 0 Å². The van der Waals surface area contributed by atoms with Crippen LogP contribution >= 0.6 is 0 Å². The van der Waals surface area contributed by atoms with Crippen LogP contribution in [0, 0.1) is 0 Å². The van der Waals surface area contributed by atoms with Gasteiger partial charge in [-0.3, -0.25) is 4.79 Å². The summed E-state index contributed by atoms with van der Waals surface area (Å²) in [6, 6.07) is 7.25. The Morgan fingerprint density at radius 1 is 1.25 bits per heavy atom. The van der Waals surface area contributed by atoms with Gasteiger partial charge in [-0.05, 0) is 32.4 Å². The van der Waals surface area contributed by atoms with Crippen LogP contribution in [-0.2, 0) is 4.79 Å². The molecule has 1 rings (SSSR count). The zero-order chi connectivity index (χ0) is 15.0. The number of carbonyl (C=O) groups excluding carboxylic acids is 1. The minimum Gasteiger partial charge on any atom is -0.483 e. The fourth-order valence-corrected chi connectivity index (χ4v) is 1.95. The van der Waals surface area contributed by atoms with Crippen LogP contribution < -0.4 is 4.74 Å². The van der Waals surface area contributed by atoms with Gasteiger partial charge in [-0.1, -0.05) is 24.2 Å². The van der Waals surface area contributed by atoms with E-state index in [-0.39, 0.29) is 12.5 Å². The van der Waals surface area contributed by atoms with Crippen molar-refractivity contribution in [2.24, 2.45) is 5.16 Å². The average Bonchev–Trinajstić information content (AvgIpc) is 2.48. The highest BCUT2D eigenvalue weighted by Crippen LogP contribution is 2.20. The molecule has 1 amide bonds. The van der Waals surface area contributed by atoms with Gasteiger partial charge in [0.2, 0.25) is 0 Å². The number of likely N-dealkylation sites (N-methyl/N-ethyl adjacent to an activating group) is 1. The van der Waals surface area contributed by atoms with E-state index in [0.29, 0.717) is 36.5 Å². The molecule has 0 aromatic heterocycles. The fourth-order valence-electron chi connectivity index (χ4n) is 1.95. The van der Waals surface area contributed by atoms with E-state index in [1.54, 1.807) is 11.0 Å². The van der Waals surface area contributed by atoms with Gasteiger partial charge in [0.15, 0.2) is 6.61 Å². The molecule has 0 aliphatic carbocycles. The first kappa shape index (κ1) is 16.0. The van der Waals surface area contributed by atoms with E-state index in [1.807, 2.05) is 39.0 Å². The summed E-state index contributed by atoms with van der Waals surface area (Å²) in [5.41, 5.74) is 1.25. The fraction of sp³-hybridized carbons (Fsp3) is 0.467. The lowest BCUT2D eigenvalue weighted by atomic mass is 10.1. The van der Waals surface area contributed by atoms with Crippen LogP contribution in [0.3, 0.4) is 0 Å². The van der Waals surface area contributed by atoms with E-state index in [4.69, 9.17) is 9.94 Å². The summed E-state index contributed by atoms with van der Waals surface area (Å²) >= 11 is 0. The minimum atomic E-state index is -0.0520. The van der Waals surface area contributed by atoms with Crippen LogP contribution in [0.2, 0.25) is 0 Å². The third-order valence-corrected chi connectivity index (χ3v) is 3.12. The number of para-hydroxylation sites is 1. The van der Waals surface area contributed by atoms with Crippen molar-refractivity contribution < 1.29 is 14.7 Å². The van der Waals surface area contributed by atoms with Gasteiger partial charge in [-0.25, -0.2) is 0 Å². The van der Waals surface area contributed by atoms with E-state index >= 15 is 0 Å². The van der Waals surface area contributed by atoms with Gasteiger partial charge < -0.3 is 14.8 Å². The predicted octanol–water partition coefficient (Wildman–Crippen LogP) is 2.52. The van der Waals surface area contributed by atoms with Gasteiger partial charge in [0.25, 0.3) is 5.91 Å². The smallest absolute Gasteiger partial charge is 0.260 e. The molecule has 1 N–H and O–H groups in total. The highest BCUT2D eigenvalue weighted by Gasteiger charge is 2.13. The number of carbonyl (C=O) groups is 1. The Morgan fingerprint density at radius 2 is 1.90 bits per heavy atom. The van der Waals surface area contributed by atoms with Crippen LogP contribution in [0.4, 0.5) is 0 Å². The number of benzene rings is 1. The molecule has 0 bridgehead atoms. The highest BCUT2D eigenvalue weighted by molar-refractivity contribution is 6.02. The normalized spacial score (nSPS) is 11.2. The molecule has 20 heavy (non-hydrogen) atoms. The lowest BCUT2D eigenvalue weighted by molar-refractivity contribution is -0.132. The van der Waals surface area contributed by atoms with Crippen molar-refractivity contribution in [3.63, 3.8) is 0 Å². The molecule has 1 aromatic carbocycles. The third-order valence-electron chi connectivity index (χ3n) is 3.12. The first-order chi connectivity index (χ1) is 9.67. The van der Waals surface area contributed by atoms with Crippen molar-refractivity contribution >= 4 is 11.6 Å². The summed E-state index contributed by atoms with van der Waals surface area (Å²) < 4.78 is 5.59. The molecule has 0 fully saturated rings. The Labute approximate surface area is 119 Å². The van der Waals surface area contributed by atoms with E-state index in [0.717, 1.165) is 0 Å². The van der Waals surface area contributed by atoms with Crippen LogP contribution in [0.5, 0.6) is 5.75 Å². The Balaban J connectivity index is 2.81. The maximum absolute atomic E-state index is 11.9. The van der Waals surface area contributed by atoms with Crippen molar-refractivity contribution in [3.8, 4) is 5.75 Å². The molecular formula is C15H22N2O3. The Hall–Kier alpha value is -2.04. The lowest BCUT2D eigenvalue weighted by Gasteiger charge is -2.19. The van der Waals surface area contributed by atoms with Crippen LogP contribution in [0.25, 0.3) is 0 Å². The second kappa shape index (κ2) is 8.19. The molecule has 0 saturated carbocycles. The minimum absolute atomic E-state index is 0.0128. The number of oxime groups is 1. The van der Waals surface area contributed by atoms with Gasteiger partial charge in [-0.15, -0.1) is 0 Å². The number of amides is 1. The molecule has 110 valence electrons. The molecule has 0 unspecified atom stereocenters. The van der Waals surface area contributed by atoms with Gasteiger partial charge in [0, 0.05) is 18.7 Å². The molecule has 0 atom stereocenters. The maximum atomic E-state index is 11.9. The van der Waals surface area contributed by atoms with Crippen molar-refractivity contribution in [1.82, 2.24) is 4.90 Å². The summed E-state index contributed by atoms with van der Waals surface area (Å²) in [6.07, 6.45) is 0.584. The third kappa shape index (κ3) is 3.98. The van der Waals surface area contributed by atoms with Crippen molar-refractivity contribution in [3.05, 3.63) is 29.8 Å². The van der Waals surface area contributed by atoms with Crippen molar-refractivity contribution in [2.45, 2.75) is 27.2 Å². The SMILES string of the molecule is CC/C(=N\O)c1ccccc1OCC(=O)N(CC)CC. The standard InChI is InChI=1S/C15H22N2O3/c1-4-13(16-19)12-9-7-8-10-14(12)20-11-15(18)17(5-2)6-3/h7-10,19H,4-6,11H2,1-3H3/b16-13+. The summed E-state index contributed by atoms with van der Waals surface area (Å²) in [6.45, 7) is 7.08. The Kier molecular flexibility index (Phi) is 6.56. The van der Waals surface area contributed by atoms with Gasteiger partial charge in [0.1, 0.15) is 5.75 Å². The van der Waals surface area contributed by atoms with Crippen LogP contribution in [-0.4, -0.2) is 41.4 Å². The molecular weight excluding hydrogens is 256 g/mol. The van der Waals surface area contributed by atoms with Crippen LogP contribution in [0.15, 0.2) is 29.4 Å². The topological polar surface area (TPSA) is 62.1 Å². The largest absolute Gasteiger partial charge is 0.483 e. The first-order valence-corrected chi connectivity index (χ1v) is 6.88. The number of nitrogens with zero attached hydrogens (tertiary/aromatic N) is 2. The Bertz CT molecular complexity index is 468. The first-order valence-electron chi connectivity index (χ1n) is 6.88. The second-order valence-corrected chi connectivity index (χ2v) is 4.25. The summed E-state index contributed by atoms with van der Waals surface area (Å²) in [5.74, 6) is 0.506. The molecule has 5 heteroatoms. The molecule has 0 heterocycles. The zero-order valence-electron chi connectivity index (χ0n) is 12.3. The summed E-state index contributed by atoms with van der Waals surface area (Å²) in [7, 11) is 0. The van der Waals surface area contributed by atoms with Gasteiger partial charge >= 0.3 is 0 Å². The number of rotatable bonds is 7. The van der Waals surface area contributed by atoms with E-state index < -0.39 is 0 Å². The molecule has 1 aromatic rings. The van der Waals surface area contributed by atoms with Crippen molar-refractivity contribution in [1.29, 1.82) is 0 Å². The summed E-state index contributed by atoms with van der Waals surface area (Å²) in [4.78, 5) is 13.6. The average molecular weight is 278 g/mol. The van der Waals surface area contributed by atoms with E-state index in [1.165, 1.54) is 0 Å². The predicted molar refractivity (Wildman–Crippen MR) is 78.5 cm³/mol. The molecule has 0 saturated heterocycles. The van der Waals surface area contributed by atoms with Crippen molar-refractivity contribution in [2.75, 3.05) is 19.7 Å². The molecule has 0 radical (unpaired) electrons. The second-order valence-electron chi connectivity index (χ2n) is 4.25. The van der Waals surface area contributed by atoms with E-state index in [9.17, 15) is 4.79 Å². The van der Waals surface area contributed by atoms with E-state index in [2.05, 4.69) is 5.16 Å². The summed E-state index contributed by atoms with van der Waals surface area (Å²) in [5, 5.41) is 12.3. The van der Waals surface area contributed by atoms with Crippen LogP contribution in [0.1, 0.15) is 32.8 Å². The van der Waals surface area contributed by atoms with Gasteiger partial charge in [0.05, 0.1) is 5.71 Å². The monoisotopic (exact) mass is 278 g/mol. The molecule has 0 aliphatic heterocycles. The zero-order valence-corrected chi connectivity index (χ0v) is 12.3. The molecule has 0 aliphatic rings. The Morgan fingerprint density at radius 3 is 2.45 bits per heavy atom. The number of hydrogen-bond acceptors (Lipinski definition) is 4. The molecule has 0 spiro atoms. The number of hydrogen-bond donors (Lipinski definition) is 1.